The van der Waals surface area contributed by atoms with Crippen LogP contribution in [0, 0.1) is 6.92 Å². The van der Waals surface area contributed by atoms with Gasteiger partial charge in [-0.15, -0.1) is 0 Å². The molecule has 0 aliphatic rings. The third-order valence-corrected chi connectivity index (χ3v) is 3.79. The summed E-state index contributed by atoms with van der Waals surface area (Å²) in [7, 11) is 1.79. The molecule has 0 spiro atoms. The summed E-state index contributed by atoms with van der Waals surface area (Å²) in [6.45, 7) is 1.98. The highest BCUT2D eigenvalue weighted by atomic mass is 79.9. The maximum Gasteiger partial charge on any atom is 0.257 e. The number of carbonyl (C=O) groups is 1. The quantitative estimate of drug-likeness (QED) is 0.839. The van der Waals surface area contributed by atoms with Crippen LogP contribution in [-0.2, 0) is 0 Å². The Morgan fingerprint density at radius 2 is 1.90 bits per heavy atom. The number of hydrogen-bond acceptors (Lipinski definition) is 2. The van der Waals surface area contributed by atoms with E-state index >= 15 is 0 Å². The van der Waals surface area contributed by atoms with Gasteiger partial charge in [-0.2, -0.15) is 0 Å². The van der Waals surface area contributed by atoms with Crippen molar-refractivity contribution in [2.45, 2.75) is 6.92 Å². The second-order valence-corrected chi connectivity index (χ2v) is 5.67. The molecule has 5 heteroatoms. The van der Waals surface area contributed by atoms with Gasteiger partial charge in [0.2, 0.25) is 0 Å². The van der Waals surface area contributed by atoms with Gasteiger partial charge in [-0.1, -0.05) is 17.7 Å². The third-order valence-electron chi connectivity index (χ3n) is 2.87. The number of nitrogens with one attached hydrogen (secondary N) is 2. The number of benzene rings is 2. The van der Waals surface area contributed by atoms with Crippen molar-refractivity contribution in [1.29, 1.82) is 0 Å². The van der Waals surface area contributed by atoms with E-state index in [1.807, 2.05) is 19.1 Å². The lowest BCUT2D eigenvalue weighted by Gasteiger charge is -2.12. The predicted octanol–water partition coefficient (Wildman–Crippen LogP) is 4.70. The average molecular weight is 354 g/mol. The molecule has 0 aliphatic carbocycles. The molecular formula is C15H14BrClN2O. The number of carbonyl (C=O) groups excluding carboxylic acids is 1. The third kappa shape index (κ3) is 3.32. The van der Waals surface area contributed by atoms with Crippen LogP contribution < -0.4 is 10.6 Å². The molecule has 1 amide bonds. The molecule has 2 N–H and O–H groups in total. The molecule has 2 aromatic rings. The lowest BCUT2D eigenvalue weighted by atomic mass is 10.1. The fraction of sp³-hybridized carbons (Fsp3) is 0.133. The van der Waals surface area contributed by atoms with E-state index in [9.17, 15) is 4.79 Å². The smallest absolute Gasteiger partial charge is 0.257 e. The summed E-state index contributed by atoms with van der Waals surface area (Å²) in [5.41, 5.74) is 3.12. The molecule has 3 nitrogen and oxygen atoms in total. The summed E-state index contributed by atoms with van der Waals surface area (Å²) in [4.78, 5) is 12.4. The van der Waals surface area contributed by atoms with Gasteiger partial charge in [0.05, 0.1) is 11.3 Å². The van der Waals surface area contributed by atoms with Crippen LogP contribution >= 0.6 is 27.5 Å². The molecule has 20 heavy (non-hydrogen) atoms. The summed E-state index contributed by atoms with van der Waals surface area (Å²) < 4.78 is 0.786. The highest BCUT2D eigenvalue weighted by Crippen LogP contribution is 2.27. The van der Waals surface area contributed by atoms with Gasteiger partial charge in [0.15, 0.2) is 0 Å². The second-order valence-electron chi connectivity index (χ2n) is 4.38. The van der Waals surface area contributed by atoms with Crippen LogP contribution in [0.1, 0.15) is 15.9 Å². The molecular weight excluding hydrogens is 340 g/mol. The Morgan fingerprint density at radius 3 is 2.60 bits per heavy atom. The van der Waals surface area contributed by atoms with Crippen LogP contribution in [0.4, 0.5) is 11.4 Å². The zero-order valence-corrected chi connectivity index (χ0v) is 13.5. The normalized spacial score (nSPS) is 10.2. The standard InChI is InChI=1S/C15H14BrClN2O/c1-9-3-5-11(13(7-9)18-2)15(20)19-14-8-10(17)4-6-12(14)16/h3-8,18H,1-2H3,(H,19,20). The molecule has 2 rings (SSSR count). The summed E-state index contributed by atoms with van der Waals surface area (Å²) in [6.07, 6.45) is 0. The van der Waals surface area contributed by atoms with E-state index < -0.39 is 0 Å². The van der Waals surface area contributed by atoms with Gasteiger partial charge in [0.25, 0.3) is 5.91 Å². The minimum atomic E-state index is -0.183. The van der Waals surface area contributed by atoms with Crippen molar-refractivity contribution in [3.8, 4) is 0 Å². The number of rotatable bonds is 3. The highest BCUT2D eigenvalue weighted by molar-refractivity contribution is 9.10. The zero-order chi connectivity index (χ0) is 14.7. The Kier molecular flexibility index (Phi) is 4.68. The number of halogens is 2. The molecule has 104 valence electrons. The molecule has 0 aliphatic heterocycles. The summed E-state index contributed by atoms with van der Waals surface area (Å²) >= 11 is 9.33. The molecule has 0 saturated carbocycles. The molecule has 0 fully saturated rings. The fourth-order valence-corrected chi connectivity index (χ4v) is 2.36. The van der Waals surface area contributed by atoms with Gasteiger partial charge in [-0.25, -0.2) is 0 Å². The highest BCUT2D eigenvalue weighted by Gasteiger charge is 2.12. The molecule has 2 aromatic carbocycles. The predicted molar refractivity (Wildman–Crippen MR) is 87.8 cm³/mol. The molecule has 0 bridgehead atoms. The molecule has 0 saturated heterocycles. The number of aryl methyl sites for hydroxylation is 1. The van der Waals surface area contributed by atoms with E-state index in [1.165, 1.54) is 0 Å². The molecule has 0 unspecified atom stereocenters. The SMILES string of the molecule is CNc1cc(C)ccc1C(=O)Nc1cc(Cl)ccc1Br. The number of anilines is 2. The Balaban J connectivity index is 2.30. The lowest BCUT2D eigenvalue weighted by molar-refractivity contribution is 0.102. The van der Waals surface area contributed by atoms with Gasteiger partial charge >= 0.3 is 0 Å². The van der Waals surface area contributed by atoms with Crippen LogP contribution in [0.3, 0.4) is 0 Å². The first-order valence-corrected chi connectivity index (χ1v) is 7.23. The molecule has 0 heterocycles. The maximum atomic E-state index is 12.4. The van der Waals surface area contributed by atoms with Crippen LogP contribution in [0.15, 0.2) is 40.9 Å². The molecule has 0 aromatic heterocycles. The van der Waals surface area contributed by atoms with E-state index in [-0.39, 0.29) is 5.91 Å². The Bertz CT molecular complexity index is 658. The van der Waals surface area contributed by atoms with E-state index in [1.54, 1.807) is 31.3 Å². The largest absolute Gasteiger partial charge is 0.387 e. The average Bonchev–Trinajstić information content (AvgIpc) is 2.42. The second kappa shape index (κ2) is 6.29. The van der Waals surface area contributed by atoms with Crippen molar-refractivity contribution in [2.75, 3.05) is 17.7 Å². The van der Waals surface area contributed by atoms with Crippen molar-refractivity contribution in [3.05, 3.63) is 57.0 Å². The van der Waals surface area contributed by atoms with Gasteiger partial charge in [-0.05, 0) is 58.7 Å². The monoisotopic (exact) mass is 352 g/mol. The summed E-state index contributed by atoms with van der Waals surface area (Å²) in [5, 5.41) is 6.45. The number of amides is 1. The van der Waals surface area contributed by atoms with Gasteiger partial charge < -0.3 is 10.6 Å². The zero-order valence-electron chi connectivity index (χ0n) is 11.1. The van der Waals surface area contributed by atoms with E-state index in [0.29, 0.717) is 16.3 Å². The van der Waals surface area contributed by atoms with Crippen molar-refractivity contribution in [3.63, 3.8) is 0 Å². The van der Waals surface area contributed by atoms with Crippen molar-refractivity contribution in [2.24, 2.45) is 0 Å². The van der Waals surface area contributed by atoms with E-state index in [2.05, 4.69) is 26.6 Å². The van der Waals surface area contributed by atoms with Crippen LogP contribution in [0.25, 0.3) is 0 Å². The first-order valence-electron chi connectivity index (χ1n) is 6.06. The Morgan fingerprint density at radius 1 is 1.15 bits per heavy atom. The summed E-state index contributed by atoms with van der Waals surface area (Å²) in [5.74, 6) is -0.183. The van der Waals surface area contributed by atoms with E-state index in [4.69, 9.17) is 11.6 Å². The first kappa shape index (κ1) is 14.9. The molecule has 0 radical (unpaired) electrons. The van der Waals surface area contributed by atoms with Crippen LogP contribution in [-0.4, -0.2) is 13.0 Å². The maximum absolute atomic E-state index is 12.4. The minimum Gasteiger partial charge on any atom is -0.387 e. The van der Waals surface area contributed by atoms with Crippen LogP contribution in [0.5, 0.6) is 0 Å². The molecule has 0 atom stereocenters. The fourth-order valence-electron chi connectivity index (χ4n) is 1.85. The van der Waals surface area contributed by atoms with Crippen molar-refractivity contribution in [1.82, 2.24) is 0 Å². The van der Waals surface area contributed by atoms with Gasteiger partial charge in [0, 0.05) is 22.2 Å². The van der Waals surface area contributed by atoms with Crippen molar-refractivity contribution >= 4 is 44.8 Å². The topological polar surface area (TPSA) is 41.1 Å². The van der Waals surface area contributed by atoms with Gasteiger partial charge in [0.1, 0.15) is 0 Å². The Labute approximate surface area is 131 Å². The summed E-state index contributed by atoms with van der Waals surface area (Å²) in [6, 6.07) is 10.9. The number of hydrogen-bond donors (Lipinski definition) is 2. The van der Waals surface area contributed by atoms with Gasteiger partial charge in [-0.3, -0.25) is 4.79 Å². The minimum absolute atomic E-state index is 0.183. The lowest BCUT2D eigenvalue weighted by Crippen LogP contribution is -2.14. The Hall–Kier alpha value is -1.52. The first-order chi connectivity index (χ1) is 9.51. The van der Waals surface area contributed by atoms with Crippen molar-refractivity contribution < 1.29 is 4.79 Å². The van der Waals surface area contributed by atoms with E-state index in [0.717, 1.165) is 15.7 Å². The van der Waals surface area contributed by atoms with Crippen LogP contribution in [0.2, 0.25) is 5.02 Å².